The van der Waals surface area contributed by atoms with E-state index in [1.165, 1.54) is 17.9 Å². The zero-order valence-electron chi connectivity index (χ0n) is 22.6. The Kier molecular flexibility index (Phi) is 10.7. The van der Waals surface area contributed by atoms with Gasteiger partial charge in [-0.3, -0.25) is 13.9 Å². The SMILES string of the molecule is CC[C@@H](C)NC(=O)[C@H](CC)N(Cc1c(Cl)cccc1Cl)C(=O)CN(c1ccc2c(c1)OCCO2)S(=O)(=O)CC. The summed E-state index contributed by atoms with van der Waals surface area (Å²) in [6.45, 7) is 7.20. The molecule has 0 aromatic heterocycles. The molecule has 12 heteroatoms. The maximum Gasteiger partial charge on any atom is 0.244 e. The molecule has 3 rings (SSSR count). The fourth-order valence-corrected chi connectivity index (χ4v) is 5.69. The highest BCUT2D eigenvalue weighted by Gasteiger charge is 2.34. The number of carbonyl (C=O) groups excluding carboxylic acids is 2. The maximum absolute atomic E-state index is 14.0. The smallest absolute Gasteiger partial charge is 0.244 e. The number of fused-ring (bicyclic) bond motifs is 1. The van der Waals surface area contributed by atoms with Crippen LogP contribution in [0.1, 0.15) is 46.1 Å². The van der Waals surface area contributed by atoms with Crippen molar-refractivity contribution in [3.63, 3.8) is 0 Å². The van der Waals surface area contributed by atoms with Crippen LogP contribution in [0.3, 0.4) is 0 Å². The van der Waals surface area contributed by atoms with E-state index in [1.807, 2.05) is 13.8 Å². The Bertz CT molecular complexity index is 1270. The molecule has 214 valence electrons. The number of nitrogens with zero attached hydrogens (tertiary/aromatic N) is 2. The molecule has 2 aromatic rings. The highest BCUT2D eigenvalue weighted by molar-refractivity contribution is 7.92. The summed E-state index contributed by atoms with van der Waals surface area (Å²) in [5.41, 5.74) is 0.718. The topological polar surface area (TPSA) is 105 Å². The molecular formula is C27H35Cl2N3O6S. The van der Waals surface area contributed by atoms with E-state index in [-0.39, 0.29) is 29.9 Å². The van der Waals surface area contributed by atoms with Crippen LogP contribution in [0.4, 0.5) is 5.69 Å². The molecule has 0 saturated heterocycles. The van der Waals surface area contributed by atoms with Crippen LogP contribution in [0.2, 0.25) is 10.0 Å². The first-order valence-electron chi connectivity index (χ1n) is 12.9. The van der Waals surface area contributed by atoms with Gasteiger partial charge in [-0.15, -0.1) is 0 Å². The van der Waals surface area contributed by atoms with Gasteiger partial charge in [0.2, 0.25) is 21.8 Å². The normalized spacial score (nSPS) is 14.3. The minimum absolute atomic E-state index is 0.0784. The van der Waals surface area contributed by atoms with Gasteiger partial charge in [-0.05, 0) is 51.0 Å². The first-order chi connectivity index (χ1) is 18.5. The number of amides is 2. The van der Waals surface area contributed by atoms with Crippen LogP contribution < -0.4 is 19.1 Å². The van der Waals surface area contributed by atoms with Crippen molar-refractivity contribution in [2.45, 2.75) is 59.2 Å². The number of hydrogen-bond acceptors (Lipinski definition) is 6. The number of nitrogens with one attached hydrogen (secondary N) is 1. The zero-order valence-corrected chi connectivity index (χ0v) is 24.9. The number of ether oxygens (including phenoxy) is 2. The minimum atomic E-state index is -3.90. The Morgan fingerprint density at radius 1 is 1.00 bits per heavy atom. The lowest BCUT2D eigenvalue weighted by atomic mass is 10.1. The number of anilines is 1. The molecule has 2 aromatic carbocycles. The Morgan fingerprint density at radius 2 is 1.64 bits per heavy atom. The van der Waals surface area contributed by atoms with E-state index in [1.54, 1.807) is 37.3 Å². The summed E-state index contributed by atoms with van der Waals surface area (Å²) in [7, 11) is -3.90. The fraction of sp³-hybridized carbons (Fsp3) is 0.481. The van der Waals surface area contributed by atoms with E-state index in [2.05, 4.69) is 5.32 Å². The maximum atomic E-state index is 14.0. The van der Waals surface area contributed by atoms with Crippen molar-refractivity contribution in [1.82, 2.24) is 10.2 Å². The van der Waals surface area contributed by atoms with Crippen molar-refractivity contribution in [3.05, 3.63) is 52.0 Å². The number of sulfonamides is 1. The highest BCUT2D eigenvalue weighted by Crippen LogP contribution is 2.35. The van der Waals surface area contributed by atoms with Gasteiger partial charge >= 0.3 is 0 Å². The Hall–Kier alpha value is -2.69. The largest absolute Gasteiger partial charge is 0.486 e. The summed E-state index contributed by atoms with van der Waals surface area (Å²) in [6.07, 6.45) is 1.000. The van der Waals surface area contributed by atoms with E-state index in [0.29, 0.717) is 53.2 Å². The third-order valence-electron chi connectivity index (χ3n) is 6.57. The minimum Gasteiger partial charge on any atom is -0.486 e. The van der Waals surface area contributed by atoms with Gasteiger partial charge < -0.3 is 19.7 Å². The molecule has 0 radical (unpaired) electrons. The molecule has 39 heavy (non-hydrogen) atoms. The van der Waals surface area contributed by atoms with Crippen molar-refractivity contribution in [3.8, 4) is 11.5 Å². The monoisotopic (exact) mass is 599 g/mol. The van der Waals surface area contributed by atoms with Crippen LogP contribution >= 0.6 is 23.2 Å². The van der Waals surface area contributed by atoms with Crippen LogP contribution in [0.5, 0.6) is 11.5 Å². The summed E-state index contributed by atoms with van der Waals surface area (Å²) in [5.74, 6) is -0.275. The number of carbonyl (C=O) groups is 2. The molecule has 0 fully saturated rings. The van der Waals surface area contributed by atoms with Crippen molar-refractivity contribution < 1.29 is 27.5 Å². The fourth-order valence-electron chi connectivity index (χ4n) is 4.12. The number of hydrogen-bond donors (Lipinski definition) is 1. The second-order valence-electron chi connectivity index (χ2n) is 9.20. The number of rotatable bonds is 12. The number of halogens is 2. The molecule has 9 nitrogen and oxygen atoms in total. The molecule has 2 amide bonds. The van der Waals surface area contributed by atoms with Crippen molar-refractivity contribution in [1.29, 1.82) is 0 Å². The molecular weight excluding hydrogens is 565 g/mol. The van der Waals surface area contributed by atoms with Crippen molar-refractivity contribution in [2.75, 3.05) is 29.8 Å². The lowest BCUT2D eigenvalue weighted by Crippen LogP contribution is -2.53. The first-order valence-corrected chi connectivity index (χ1v) is 15.3. The molecule has 0 spiro atoms. The van der Waals surface area contributed by atoms with E-state index in [0.717, 1.165) is 4.31 Å². The second-order valence-corrected chi connectivity index (χ2v) is 12.2. The van der Waals surface area contributed by atoms with E-state index < -0.39 is 28.5 Å². The van der Waals surface area contributed by atoms with Crippen LogP contribution in [0.25, 0.3) is 0 Å². The lowest BCUT2D eigenvalue weighted by molar-refractivity contribution is -0.140. The van der Waals surface area contributed by atoms with Gasteiger partial charge in [0.1, 0.15) is 25.8 Å². The molecule has 2 atom stereocenters. The summed E-state index contributed by atoms with van der Waals surface area (Å²) in [6, 6.07) is 8.70. The molecule has 0 unspecified atom stereocenters. The standard InChI is InChI=1S/C27H35Cl2N3O6S/c1-5-18(4)30-27(34)23(6-2)31(16-20-21(28)9-8-10-22(20)29)26(33)17-32(39(35,36)7-3)19-11-12-24-25(15-19)38-14-13-37-24/h8-12,15,18,23H,5-7,13-14,16-17H2,1-4H3,(H,30,34)/t18-,23+/m1/s1. The van der Waals surface area contributed by atoms with Gasteiger partial charge in [0, 0.05) is 34.3 Å². The first kappa shape index (κ1) is 30.8. The third kappa shape index (κ3) is 7.49. The molecule has 1 aliphatic rings. The highest BCUT2D eigenvalue weighted by atomic mass is 35.5. The zero-order chi connectivity index (χ0) is 28.7. The summed E-state index contributed by atoms with van der Waals surface area (Å²) in [5, 5.41) is 3.60. The predicted octanol–water partition coefficient (Wildman–Crippen LogP) is 4.64. The predicted molar refractivity (Wildman–Crippen MR) is 153 cm³/mol. The number of benzene rings is 2. The molecule has 1 N–H and O–H groups in total. The van der Waals surface area contributed by atoms with E-state index >= 15 is 0 Å². The molecule has 0 aliphatic carbocycles. The van der Waals surface area contributed by atoms with Gasteiger partial charge in [-0.1, -0.05) is 43.1 Å². The third-order valence-corrected chi connectivity index (χ3v) is 9.02. The van der Waals surface area contributed by atoms with Gasteiger partial charge in [-0.25, -0.2) is 8.42 Å². The van der Waals surface area contributed by atoms with Gasteiger partial charge in [0.15, 0.2) is 11.5 Å². The summed E-state index contributed by atoms with van der Waals surface area (Å²) < 4.78 is 38.6. The molecule has 0 bridgehead atoms. The van der Waals surface area contributed by atoms with Crippen LogP contribution in [0.15, 0.2) is 36.4 Å². The Morgan fingerprint density at radius 3 is 2.23 bits per heavy atom. The van der Waals surface area contributed by atoms with Crippen molar-refractivity contribution >= 4 is 50.7 Å². The van der Waals surface area contributed by atoms with Gasteiger partial charge in [0.25, 0.3) is 0 Å². The van der Waals surface area contributed by atoms with E-state index in [9.17, 15) is 18.0 Å². The Labute approximate surface area is 240 Å². The average Bonchev–Trinajstić information content (AvgIpc) is 2.92. The second kappa shape index (κ2) is 13.6. The van der Waals surface area contributed by atoms with Crippen LogP contribution in [0, 0.1) is 0 Å². The average molecular weight is 601 g/mol. The van der Waals surface area contributed by atoms with Gasteiger partial charge in [0.05, 0.1) is 11.4 Å². The lowest BCUT2D eigenvalue weighted by Gasteiger charge is -2.34. The van der Waals surface area contributed by atoms with Crippen LogP contribution in [-0.4, -0.2) is 62.7 Å². The summed E-state index contributed by atoms with van der Waals surface area (Å²) in [4.78, 5) is 28.6. The quantitative estimate of drug-likeness (QED) is 0.381. The van der Waals surface area contributed by atoms with E-state index in [4.69, 9.17) is 32.7 Å². The van der Waals surface area contributed by atoms with Crippen LogP contribution in [-0.2, 0) is 26.2 Å². The molecule has 1 heterocycles. The molecule has 0 saturated carbocycles. The van der Waals surface area contributed by atoms with Crippen molar-refractivity contribution in [2.24, 2.45) is 0 Å². The summed E-state index contributed by atoms with van der Waals surface area (Å²) >= 11 is 12.8. The Balaban J connectivity index is 2.02. The molecule has 1 aliphatic heterocycles. The van der Waals surface area contributed by atoms with Gasteiger partial charge in [-0.2, -0.15) is 0 Å².